The minimum Gasteiger partial charge on any atom is -0.353 e. The van der Waals surface area contributed by atoms with Crippen molar-refractivity contribution in [1.82, 2.24) is 20.8 Å². The van der Waals surface area contributed by atoms with Gasteiger partial charge in [0.25, 0.3) is 0 Å². The molecule has 2 heterocycles. The number of anilines is 1. The Bertz CT molecular complexity index is 643. The fourth-order valence-corrected chi connectivity index (χ4v) is 2.16. The number of hydrogen-bond donors (Lipinski definition) is 4. The first kappa shape index (κ1) is 13.3. The van der Waals surface area contributed by atoms with Crippen molar-refractivity contribution in [3.05, 3.63) is 36.5 Å². The standard InChI is InChI=1S/C14H15N5O2/c20-13-8-15-12(7-16-13)14(21)18-10-3-1-2-9(6-10)11-4-5-17-19-11/h1-6,12,15H,7-8H2,(H,16,20)(H,17,19)(H,18,21). The maximum absolute atomic E-state index is 12.1. The molecule has 1 aliphatic rings. The third-order valence-corrected chi connectivity index (χ3v) is 3.27. The topological polar surface area (TPSA) is 98.9 Å². The van der Waals surface area contributed by atoms with Crippen molar-refractivity contribution in [3.8, 4) is 11.3 Å². The van der Waals surface area contributed by atoms with E-state index in [-0.39, 0.29) is 18.4 Å². The number of rotatable bonds is 3. The second-order valence-electron chi connectivity index (χ2n) is 4.78. The molecule has 1 saturated heterocycles. The predicted octanol–water partition coefficient (Wildman–Crippen LogP) is 0.103. The van der Waals surface area contributed by atoms with Crippen LogP contribution in [0.5, 0.6) is 0 Å². The lowest BCUT2D eigenvalue weighted by atomic mass is 10.1. The van der Waals surface area contributed by atoms with Gasteiger partial charge < -0.3 is 10.6 Å². The van der Waals surface area contributed by atoms with Crippen LogP contribution in [0.15, 0.2) is 36.5 Å². The second kappa shape index (κ2) is 5.76. The van der Waals surface area contributed by atoms with Crippen LogP contribution in [0.25, 0.3) is 11.3 Å². The molecule has 0 aliphatic carbocycles. The van der Waals surface area contributed by atoms with Crippen LogP contribution < -0.4 is 16.0 Å². The Balaban J connectivity index is 1.69. The number of aromatic amines is 1. The van der Waals surface area contributed by atoms with Crippen LogP contribution in [0, 0.1) is 0 Å². The molecular weight excluding hydrogens is 270 g/mol. The van der Waals surface area contributed by atoms with E-state index in [0.717, 1.165) is 11.3 Å². The fraction of sp³-hybridized carbons (Fsp3) is 0.214. The third kappa shape index (κ3) is 3.09. The Morgan fingerprint density at radius 3 is 2.95 bits per heavy atom. The maximum atomic E-state index is 12.1. The average molecular weight is 285 g/mol. The summed E-state index contributed by atoms with van der Waals surface area (Å²) in [7, 11) is 0. The Morgan fingerprint density at radius 1 is 1.33 bits per heavy atom. The van der Waals surface area contributed by atoms with Gasteiger partial charge in [0.2, 0.25) is 11.8 Å². The molecule has 1 aromatic heterocycles. The highest BCUT2D eigenvalue weighted by atomic mass is 16.2. The second-order valence-corrected chi connectivity index (χ2v) is 4.78. The first-order valence-corrected chi connectivity index (χ1v) is 6.63. The zero-order chi connectivity index (χ0) is 14.7. The number of amides is 2. The molecule has 2 aromatic rings. The Morgan fingerprint density at radius 2 is 2.24 bits per heavy atom. The van der Waals surface area contributed by atoms with Crippen LogP contribution in [-0.2, 0) is 9.59 Å². The lowest BCUT2D eigenvalue weighted by molar-refractivity contribution is -0.124. The first-order valence-electron chi connectivity index (χ1n) is 6.63. The molecule has 0 bridgehead atoms. The number of nitrogens with one attached hydrogen (secondary N) is 4. The normalized spacial score (nSPS) is 18.1. The van der Waals surface area contributed by atoms with E-state index in [2.05, 4.69) is 26.1 Å². The summed E-state index contributed by atoms with van der Waals surface area (Å²) in [6.45, 7) is 0.456. The van der Waals surface area contributed by atoms with E-state index in [1.54, 1.807) is 6.20 Å². The van der Waals surface area contributed by atoms with Crippen LogP contribution in [0.2, 0.25) is 0 Å². The molecule has 4 N–H and O–H groups in total. The van der Waals surface area contributed by atoms with Gasteiger partial charge >= 0.3 is 0 Å². The number of H-pyrrole nitrogens is 1. The molecule has 1 fully saturated rings. The molecule has 21 heavy (non-hydrogen) atoms. The molecule has 3 rings (SSSR count). The van der Waals surface area contributed by atoms with E-state index in [4.69, 9.17) is 0 Å². The molecule has 0 spiro atoms. The average Bonchev–Trinajstić information content (AvgIpc) is 3.02. The van der Waals surface area contributed by atoms with Crippen molar-refractivity contribution in [3.63, 3.8) is 0 Å². The summed E-state index contributed by atoms with van der Waals surface area (Å²) in [5.41, 5.74) is 2.52. The van der Waals surface area contributed by atoms with Crippen LogP contribution >= 0.6 is 0 Å². The van der Waals surface area contributed by atoms with E-state index < -0.39 is 6.04 Å². The highest BCUT2D eigenvalue weighted by Crippen LogP contribution is 2.20. The van der Waals surface area contributed by atoms with Crippen molar-refractivity contribution in [2.45, 2.75) is 6.04 Å². The van der Waals surface area contributed by atoms with Crippen LogP contribution in [0.1, 0.15) is 0 Å². The molecule has 1 atom stereocenters. The molecular formula is C14H15N5O2. The largest absolute Gasteiger partial charge is 0.353 e. The Hall–Kier alpha value is -2.67. The van der Waals surface area contributed by atoms with Crippen molar-refractivity contribution in [2.24, 2.45) is 0 Å². The number of carbonyl (C=O) groups is 2. The third-order valence-electron chi connectivity index (χ3n) is 3.27. The van der Waals surface area contributed by atoms with E-state index in [1.165, 1.54) is 0 Å². The number of piperazine rings is 1. The molecule has 1 aliphatic heterocycles. The number of carbonyl (C=O) groups excluding carboxylic acids is 2. The lowest BCUT2D eigenvalue weighted by Crippen LogP contribution is -2.56. The van der Waals surface area contributed by atoms with Gasteiger partial charge in [0.15, 0.2) is 0 Å². The van der Waals surface area contributed by atoms with Gasteiger partial charge in [0, 0.05) is 24.0 Å². The summed E-state index contributed by atoms with van der Waals surface area (Å²) in [5, 5.41) is 15.2. The van der Waals surface area contributed by atoms with Gasteiger partial charge in [-0.2, -0.15) is 5.10 Å². The van der Waals surface area contributed by atoms with Gasteiger partial charge in [-0.25, -0.2) is 0 Å². The van der Waals surface area contributed by atoms with Crippen molar-refractivity contribution >= 4 is 17.5 Å². The van der Waals surface area contributed by atoms with Gasteiger partial charge in [-0.3, -0.25) is 20.0 Å². The van der Waals surface area contributed by atoms with Gasteiger partial charge in [0.05, 0.1) is 12.2 Å². The van der Waals surface area contributed by atoms with Gasteiger partial charge in [0.1, 0.15) is 6.04 Å². The van der Waals surface area contributed by atoms with Gasteiger partial charge in [-0.05, 0) is 18.2 Å². The Kier molecular flexibility index (Phi) is 3.65. The minimum absolute atomic E-state index is 0.0970. The number of aromatic nitrogens is 2. The van der Waals surface area contributed by atoms with Crippen molar-refractivity contribution < 1.29 is 9.59 Å². The highest BCUT2D eigenvalue weighted by molar-refractivity contribution is 5.96. The van der Waals surface area contributed by atoms with Crippen molar-refractivity contribution in [2.75, 3.05) is 18.4 Å². The molecule has 0 saturated carbocycles. The first-order chi connectivity index (χ1) is 10.2. The summed E-state index contributed by atoms with van der Waals surface area (Å²) in [6, 6.07) is 8.92. The Labute approximate surface area is 121 Å². The number of benzene rings is 1. The quantitative estimate of drug-likeness (QED) is 0.643. The van der Waals surface area contributed by atoms with Gasteiger partial charge in [-0.1, -0.05) is 12.1 Å². The minimum atomic E-state index is -0.418. The van der Waals surface area contributed by atoms with E-state index in [1.807, 2.05) is 30.3 Å². The maximum Gasteiger partial charge on any atom is 0.243 e. The van der Waals surface area contributed by atoms with Gasteiger partial charge in [-0.15, -0.1) is 0 Å². The van der Waals surface area contributed by atoms with Crippen molar-refractivity contribution in [1.29, 1.82) is 0 Å². The van der Waals surface area contributed by atoms with E-state index >= 15 is 0 Å². The molecule has 108 valence electrons. The molecule has 2 amide bonds. The summed E-state index contributed by atoms with van der Waals surface area (Å²) >= 11 is 0. The zero-order valence-corrected chi connectivity index (χ0v) is 11.2. The fourth-order valence-electron chi connectivity index (χ4n) is 2.16. The molecule has 7 heteroatoms. The van der Waals surface area contributed by atoms with Crippen LogP contribution in [-0.4, -0.2) is 41.1 Å². The molecule has 7 nitrogen and oxygen atoms in total. The van der Waals surface area contributed by atoms with Crippen LogP contribution in [0.3, 0.4) is 0 Å². The highest BCUT2D eigenvalue weighted by Gasteiger charge is 2.23. The SMILES string of the molecule is O=C1CNC(C(=O)Nc2cccc(-c3ccn[nH]3)c2)CN1. The lowest BCUT2D eigenvalue weighted by Gasteiger charge is -2.23. The van der Waals surface area contributed by atoms with E-state index in [0.29, 0.717) is 12.2 Å². The monoisotopic (exact) mass is 285 g/mol. The molecule has 1 aromatic carbocycles. The van der Waals surface area contributed by atoms with E-state index in [9.17, 15) is 9.59 Å². The van der Waals surface area contributed by atoms with Crippen LogP contribution in [0.4, 0.5) is 5.69 Å². The predicted molar refractivity (Wildman–Crippen MR) is 77.5 cm³/mol. The molecule has 1 unspecified atom stereocenters. The summed E-state index contributed by atoms with van der Waals surface area (Å²) in [6.07, 6.45) is 1.68. The molecule has 0 radical (unpaired) electrons. The summed E-state index contributed by atoms with van der Waals surface area (Å²) < 4.78 is 0. The smallest absolute Gasteiger partial charge is 0.243 e. The summed E-state index contributed by atoms with van der Waals surface area (Å²) in [5.74, 6) is -0.267. The zero-order valence-electron chi connectivity index (χ0n) is 11.2. The summed E-state index contributed by atoms with van der Waals surface area (Å²) in [4.78, 5) is 23.2. The number of nitrogens with zero attached hydrogens (tertiary/aromatic N) is 1. The number of hydrogen-bond acceptors (Lipinski definition) is 4.